The van der Waals surface area contributed by atoms with E-state index in [2.05, 4.69) is 15.6 Å². The summed E-state index contributed by atoms with van der Waals surface area (Å²) in [6.07, 6.45) is 1.58. The summed E-state index contributed by atoms with van der Waals surface area (Å²) in [6, 6.07) is 6.64. The molecule has 2 rings (SSSR count). The fourth-order valence-corrected chi connectivity index (χ4v) is 1.71. The summed E-state index contributed by atoms with van der Waals surface area (Å²) < 4.78 is 25.9. The molecular formula is C15H15F2N3O. The molecule has 1 aromatic heterocycles. The summed E-state index contributed by atoms with van der Waals surface area (Å²) in [5.74, 6) is -2.27. The van der Waals surface area contributed by atoms with E-state index in [0.717, 1.165) is 17.8 Å². The third kappa shape index (κ3) is 3.98. The Hall–Kier alpha value is -2.50. The zero-order chi connectivity index (χ0) is 15.4. The van der Waals surface area contributed by atoms with Gasteiger partial charge in [-0.3, -0.25) is 4.79 Å². The number of nitrogens with zero attached hydrogens (tertiary/aromatic N) is 1. The van der Waals surface area contributed by atoms with E-state index in [-0.39, 0.29) is 11.6 Å². The molecule has 1 amide bonds. The van der Waals surface area contributed by atoms with E-state index >= 15 is 0 Å². The number of aromatic nitrogens is 1. The summed E-state index contributed by atoms with van der Waals surface area (Å²) in [5.41, 5.74) is 0.857. The molecule has 6 heteroatoms. The summed E-state index contributed by atoms with van der Waals surface area (Å²) in [5, 5.41) is 5.68. The van der Waals surface area contributed by atoms with Gasteiger partial charge in [0.2, 0.25) is 0 Å². The highest BCUT2D eigenvalue weighted by atomic mass is 19.2. The Morgan fingerprint density at radius 1 is 1.14 bits per heavy atom. The number of hydrogen-bond donors (Lipinski definition) is 2. The summed E-state index contributed by atoms with van der Waals surface area (Å²) in [6.45, 7) is 4.00. The number of halogens is 2. The normalized spacial score (nSPS) is 10.5. The summed E-state index contributed by atoms with van der Waals surface area (Å²) in [7, 11) is 0. The van der Waals surface area contributed by atoms with Crippen molar-refractivity contribution in [2.75, 3.05) is 10.6 Å². The fourth-order valence-electron chi connectivity index (χ4n) is 1.71. The molecule has 0 saturated carbocycles. The second kappa shape index (κ2) is 6.30. The van der Waals surface area contributed by atoms with Crippen LogP contribution in [0.2, 0.25) is 0 Å². The summed E-state index contributed by atoms with van der Waals surface area (Å²) >= 11 is 0. The SMILES string of the molecule is CC(C)Nc1ccc(NC(=O)c2ccc(F)c(F)c2)nc1. The molecule has 0 bridgehead atoms. The lowest BCUT2D eigenvalue weighted by Crippen LogP contribution is -2.14. The molecule has 0 saturated heterocycles. The third-order valence-corrected chi connectivity index (χ3v) is 2.64. The van der Waals surface area contributed by atoms with Crippen molar-refractivity contribution in [2.45, 2.75) is 19.9 Å². The van der Waals surface area contributed by atoms with Crippen LogP contribution in [0.15, 0.2) is 36.5 Å². The van der Waals surface area contributed by atoms with Crippen molar-refractivity contribution < 1.29 is 13.6 Å². The van der Waals surface area contributed by atoms with Gasteiger partial charge in [0.1, 0.15) is 5.82 Å². The predicted octanol–water partition coefficient (Wildman–Crippen LogP) is 3.43. The average Bonchev–Trinajstić information content (AvgIpc) is 2.43. The van der Waals surface area contributed by atoms with Crippen LogP contribution in [-0.2, 0) is 0 Å². The standard InChI is InChI=1S/C15H15F2N3O/c1-9(2)19-11-4-6-14(18-8-11)20-15(21)10-3-5-12(16)13(17)7-10/h3-9,19H,1-2H3,(H,18,20,21). The first-order valence-corrected chi connectivity index (χ1v) is 6.44. The van der Waals surface area contributed by atoms with Gasteiger partial charge < -0.3 is 10.6 Å². The first-order valence-electron chi connectivity index (χ1n) is 6.44. The van der Waals surface area contributed by atoms with E-state index in [1.165, 1.54) is 6.07 Å². The van der Waals surface area contributed by atoms with Crippen molar-refractivity contribution in [3.63, 3.8) is 0 Å². The molecule has 0 unspecified atom stereocenters. The Morgan fingerprint density at radius 2 is 1.90 bits per heavy atom. The molecule has 2 aromatic rings. The highest BCUT2D eigenvalue weighted by molar-refractivity contribution is 6.03. The highest BCUT2D eigenvalue weighted by Gasteiger charge is 2.10. The van der Waals surface area contributed by atoms with Crippen LogP contribution in [0.5, 0.6) is 0 Å². The van der Waals surface area contributed by atoms with Gasteiger partial charge >= 0.3 is 0 Å². The van der Waals surface area contributed by atoms with E-state index in [0.29, 0.717) is 5.82 Å². The maximum Gasteiger partial charge on any atom is 0.256 e. The van der Waals surface area contributed by atoms with Gasteiger partial charge in [-0.2, -0.15) is 0 Å². The Labute approximate surface area is 121 Å². The molecule has 21 heavy (non-hydrogen) atoms. The molecule has 0 aliphatic rings. The van der Waals surface area contributed by atoms with Crippen molar-refractivity contribution in [3.05, 3.63) is 53.7 Å². The van der Waals surface area contributed by atoms with Crippen molar-refractivity contribution >= 4 is 17.4 Å². The number of pyridine rings is 1. The largest absolute Gasteiger partial charge is 0.382 e. The molecule has 1 heterocycles. The average molecular weight is 291 g/mol. The van der Waals surface area contributed by atoms with Gasteiger partial charge in [-0.25, -0.2) is 13.8 Å². The summed E-state index contributed by atoms with van der Waals surface area (Å²) in [4.78, 5) is 16.0. The lowest BCUT2D eigenvalue weighted by Gasteiger charge is -2.10. The third-order valence-electron chi connectivity index (χ3n) is 2.64. The number of hydrogen-bond acceptors (Lipinski definition) is 3. The monoisotopic (exact) mass is 291 g/mol. The van der Waals surface area contributed by atoms with Crippen LogP contribution in [0.25, 0.3) is 0 Å². The fraction of sp³-hybridized carbons (Fsp3) is 0.200. The van der Waals surface area contributed by atoms with Gasteiger partial charge in [0.15, 0.2) is 11.6 Å². The van der Waals surface area contributed by atoms with Gasteiger partial charge in [0.05, 0.1) is 11.9 Å². The molecule has 1 aromatic carbocycles. The van der Waals surface area contributed by atoms with Gasteiger partial charge in [0, 0.05) is 11.6 Å². The molecule has 0 fully saturated rings. The van der Waals surface area contributed by atoms with E-state index in [9.17, 15) is 13.6 Å². The Morgan fingerprint density at radius 3 is 2.48 bits per heavy atom. The molecule has 110 valence electrons. The zero-order valence-corrected chi connectivity index (χ0v) is 11.7. The molecule has 0 spiro atoms. The number of rotatable bonds is 4. The Kier molecular flexibility index (Phi) is 4.47. The first-order chi connectivity index (χ1) is 9.95. The van der Waals surface area contributed by atoms with E-state index in [1.54, 1.807) is 18.3 Å². The number of amides is 1. The molecule has 0 radical (unpaired) electrons. The van der Waals surface area contributed by atoms with Crippen molar-refractivity contribution in [1.29, 1.82) is 0 Å². The molecule has 2 N–H and O–H groups in total. The van der Waals surface area contributed by atoms with Crippen LogP contribution < -0.4 is 10.6 Å². The van der Waals surface area contributed by atoms with Crippen molar-refractivity contribution in [1.82, 2.24) is 4.98 Å². The lowest BCUT2D eigenvalue weighted by atomic mass is 10.2. The molecular weight excluding hydrogens is 276 g/mol. The zero-order valence-electron chi connectivity index (χ0n) is 11.7. The predicted molar refractivity (Wildman–Crippen MR) is 77.3 cm³/mol. The number of carbonyl (C=O) groups is 1. The van der Waals surface area contributed by atoms with Crippen molar-refractivity contribution in [2.24, 2.45) is 0 Å². The second-order valence-electron chi connectivity index (χ2n) is 4.81. The minimum Gasteiger partial charge on any atom is -0.382 e. The van der Waals surface area contributed by atoms with Gasteiger partial charge in [0.25, 0.3) is 5.91 Å². The minimum atomic E-state index is -1.06. The van der Waals surface area contributed by atoms with Crippen LogP contribution >= 0.6 is 0 Å². The maximum atomic E-state index is 13.1. The van der Waals surface area contributed by atoms with Crippen LogP contribution in [-0.4, -0.2) is 16.9 Å². The van der Waals surface area contributed by atoms with Crippen LogP contribution in [0.4, 0.5) is 20.3 Å². The number of benzene rings is 1. The first kappa shape index (κ1) is 14.9. The Balaban J connectivity index is 2.06. The minimum absolute atomic E-state index is 0.0279. The van der Waals surface area contributed by atoms with Crippen LogP contribution in [0, 0.1) is 11.6 Å². The quantitative estimate of drug-likeness (QED) is 0.907. The smallest absolute Gasteiger partial charge is 0.256 e. The number of anilines is 2. The van der Waals surface area contributed by atoms with Gasteiger partial charge in [-0.15, -0.1) is 0 Å². The molecule has 0 aliphatic heterocycles. The van der Waals surface area contributed by atoms with Crippen LogP contribution in [0.3, 0.4) is 0 Å². The van der Waals surface area contributed by atoms with Gasteiger partial charge in [-0.1, -0.05) is 0 Å². The molecule has 0 aliphatic carbocycles. The van der Waals surface area contributed by atoms with Crippen molar-refractivity contribution in [3.8, 4) is 0 Å². The van der Waals surface area contributed by atoms with E-state index in [4.69, 9.17) is 0 Å². The highest BCUT2D eigenvalue weighted by Crippen LogP contribution is 2.13. The maximum absolute atomic E-state index is 13.1. The second-order valence-corrected chi connectivity index (χ2v) is 4.81. The Bertz CT molecular complexity index is 642. The van der Waals surface area contributed by atoms with Gasteiger partial charge in [-0.05, 0) is 44.2 Å². The van der Waals surface area contributed by atoms with E-state index < -0.39 is 17.5 Å². The molecule has 0 atom stereocenters. The topological polar surface area (TPSA) is 54.0 Å². The van der Waals surface area contributed by atoms with E-state index in [1.807, 2.05) is 13.8 Å². The van der Waals surface area contributed by atoms with Crippen LogP contribution in [0.1, 0.15) is 24.2 Å². The molecule has 4 nitrogen and oxygen atoms in total. The number of nitrogens with one attached hydrogen (secondary N) is 2. The number of carbonyl (C=O) groups excluding carboxylic acids is 1. The lowest BCUT2D eigenvalue weighted by molar-refractivity contribution is 0.102.